The number of benzene rings is 2. The van der Waals surface area contributed by atoms with Crippen LogP contribution in [0.25, 0.3) is 21.4 Å². The molecule has 0 amide bonds. The largest absolute Gasteiger partial charge is 0.464 e. The van der Waals surface area contributed by atoms with Crippen LogP contribution in [0.1, 0.15) is 37.1 Å². The average Bonchev–Trinajstić information content (AvgIpc) is 3.31. The van der Waals surface area contributed by atoms with E-state index < -0.39 is 0 Å². The number of thiophene rings is 1. The third-order valence-electron chi connectivity index (χ3n) is 4.67. The molecular formula is C22H21NOS. The Balaban J connectivity index is 1.55. The summed E-state index contributed by atoms with van der Waals surface area (Å²) >= 11 is 1.81. The predicted molar refractivity (Wildman–Crippen MR) is 106 cm³/mol. The number of fused-ring (bicyclic) bond motifs is 1. The summed E-state index contributed by atoms with van der Waals surface area (Å²) in [4.78, 5) is 0. The molecule has 2 aromatic heterocycles. The summed E-state index contributed by atoms with van der Waals surface area (Å²) < 4.78 is 6.87. The number of rotatable bonds is 5. The highest BCUT2D eigenvalue weighted by molar-refractivity contribution is 7.17. The molecule has 0 radical (unpaired) electrons. The van der Waals surface area contributed by atoms with Gasteiger partial charge in [-0.15, -0.1) is 11.3 Å². The Kier molecular flexibility index (Phi) is 4.43. The molecule has 0 saturated heterocycles. The zero-order chi connectivity index (χ0) is 17.2. The van der Waals surface area contributed by atoms with Crippen LogP contribution in [-0.2, 0) is 0 Å². The van der Waals surface area contributed by atoms with Crippen LogP contribution in [0, 0.1) is 0 Å². The summed E-state index contributed by atoms with van der Waals surface area (Å²) in [6.07, 6.45) is 1.72. The van der Waals surface area contributed by atoms with Gasteiger partial charge in [-0.1, -0.05) is 36.4 Å². The topological polar surface area (TPSA) is 25.2 Å². The van der Waals surface area contributed by atoms with Gasteiger partial charge in [-0.2, -0.15) is 0 Å². The maximum absolute atomic E-state index is 5.52. The fourth-order valence-electron chi connectivity index (χ4n) is 3.30. The molecule has 4 aromatic rings. The highest BCUT2D eigenvalue weighted by atomic mass is 32.1. The molecule has 2 nitrogen and oxygen atoms in total. The van der Waals surface area contributed by atoms with Crippen LogP contribution in [0.2, 0.25) is 0 Å². The van der Waals surface area contributed by atoms with Gasteiger partial charge < -0.3 is 9.73 Å². The van der Waals surface area contributed by atoms with Gasteiger partial charge in [0.2, 0.25) is 0 Å². The molecule has 3 heteroatoms. The van der Waals surface area contributed by atoms with E-state index in [1.54, 1.807) is 6.26 Å². The highest BCUT2D eigenvalue weighted by Gasteiger charge is 2.15. The van der Waals surface area contributed by atoms with Crippen molar-refractivity contribution in [2.45, 2.75) is 25.9 Å². The molecule has 126 valence electrons. The van der Waals surface area contributed by atoms with Crippen molar-refractivity contribution in [1.29, 1.82) is 0 Å². The fraction of sp³-hybridized carbons (Fsp3) is 0.182. The predicted octanol–water partition coefficient (Wildman–Crippen LogP) is 6.57. The molecule has 2 heterocycles. The van der Waals surface area contributed by atoms with Crippen LogP contribution >= 0.6 is 11.3 Å². The van der Waals surface area contributed by atoms with Crippen LogP contribution in [0.15, 0.2) is 76.7 Å². The lowest BCUT2D eigenvalue weighted by molar-refractivity contribution is 0.497. The Bertz CT molecular complexity index is 971. The van der Waals surface area contributed by atoms with Gasteiger partial charge >= 0.3 is 0 Å². The smallest absolute Gasteiger partial charge is 0.133 e. The summed E-state index contributed by atoms with van der Waals surface area (Å²) in [5, 5.41) is 7.36. The lowest BCUT2D eigenvalue weighted by Crippen LogP contribution is -2.22. The van der Waals surface area contributed by atoms with Crippen molar-refractivity contribution in [2.75, 3.05) is 0 Å². The summed E-state index contributed by atoms with van der Waals surface area (Å²) in [5.41, 5.74) is 3.75. The second kappa shape index (κ2) is 6.87. The van der Waals surface area contributed by atoms with E-state index in [0.29, 0.717) is 6.04 Å². The second-order valence-corrected chi connectivity index (χ2v) is 7.31. The number of hydrogen-bond acceptors (Lipinski definition) is 3. The van der Waals surface area contributed by atoms with Gasteiger partial charge in [0.25, 0.3) is 0 Å². The van der Waals surface area contributed by atoms with Crippen molar-refractivity contribution in [2.24, 2.45) is 0 Å². The first-order valence-corrected chi connectivity index (χ1v) is 9.46. The third kappa shape index (κ3) is 3.26. The summed E-state index contributed by atoms with van der Waals surface area (Å²) in [6, 6.07) is 21.6. The number of hydrogen-bond donors (Lipinski definition) is 1. The molecule has 1 N–H and O–H groups in total. The van der Waals surface area contributed by atoms with E-state index in [1.807, 2.05) is 23.5 Å². The van der Waals surface area contributed by atoms with E-state index >= 15 is 0 Å². The molecule has 0 aliphatic carbocycles. The zero-order valence-electron chi connectivity index (χ0n) is 14.4. The minimum atomic E-state index is 0.253. The quantitative estimate of drug-likeness (QED) is 0.441. The van der Waals surface area contributed by atoms with Gasteiger partial charge in [0.1, 0.15) is 5.76 Å². The van der Waals surface area contributed by atoms with Crippen molar-refractivity contribution in [1.82, 2.24) is 5.32 Å². The fourth-order valence-corrected chi connectivity index (χ4v) is 4.35. The number of nitrogens with one attached hydrogen (secondary N) is 1. The van der Waals surface area contributed by atoms with Gasteiger partial charge in [0.15, 0.2) is 0 Å². The molecule has 0 aliphatic heterocycles. The average molecular weight is 347 g/mol. The van der Waals surface area contributed by atoms with Crippen LogP contribution in [0.3, 0.4) is 0 Å². The Morgan fingerprint density at radius 3 is 2.64 bits per heavy atom. The summed E-state index contributed by atoms with van der Waals surface area (Å²) in [7, 11) is 0. The van der Waals surface area contributed by atoms with Gasteiger partial charge in [-0.25, -0.2) is 0 Å². The number of furan rings is 1. The molecule has 2 aromatic carbocycles. The summed E-state index contributed by atoms with van der Waals surface area (Å²) in [6.45, 7) is 4.45. The first-order valence-electron chi connectivity index (χ1n) is 8.58. The molecule has 0 aliphatic rings. The lowest BCUT2D eigenvalue weighted by Gasteiger charge is -2.21. The van der Waals surface area contributed by atoms with Crippen molar-refractivity contribution in [3.8, 4) is 11.3 Å². The molecule has 2 unspecified atom stereocenters. The minimum absolute atomic E-state index is 0.253. The Labute approximate surface area is 152 Å². The van der Waals surface area contributed by atoms with Crippen molar-refractivity contribution >= 4 is 21.4 Å². The Morgan fingerprint density at radius 2 is 1.80 bits per heavy atom. The second-order valence-electron chi connectivity index (χ2n) is 6.40. The Morgan fingerprint density at radius 1 is 0.920 bits per heavy atom. The monoisotopic (exact) mass is 347 g/mol. The molecule has 0 fully saturated rings. The highest BCUT2D eigenvalue weighted by Crippen LogP contribution is 2.32. The van der Waals surface area contributed by atoms with Crippen LogP contribution < -0.4 is 5.32 Å². The molecule has 4 rings (SSSR count). The van der Waals surface area contributed by atoms with E-state index in [2.05, 4.69) is 73.1 Å². The van der Waals surface area contributed by atoms with Gasteiger partial charge in [0.05, 0.1) is 6.26 Å². The lowest BCUT2D eigenvalue weighted by atomic mass is 10.0. The van der Waals surface area contributed by atoms with Crippen LogP contribution in [-0.4, -0.2) is 0 Å². The molecule has 2 atom stereocenters. The molecule has 25 heavy (non-hydrogen) atoms. The maximum Gasteiger partial charge on any atom is 0.133 e. The van der Waals surface area contributed by atoms with Crippen molar-refractivity contribution < 1.29 is 4.42 Å². The van der Waals surface area contributed by atoms with Crippen LogP contribution in [0.5, 0.6) is 0 Å². The van der Waals surface area contributed by atoms with Gasteiger partial charge in [-0.3, -0.25) is 0 Å². The van der Waals surface area contributed by atoms with Gasteiger partial charge in [0, 0.05) is 22.3 Å². The van der Waals surface area contributed by atoms with Crippen molar-refractivity contribution in [3.63, 3.8) is 0 Å². The van der Waals surface area contributed by atoms with E-state index in [1.165, 1.54) is 21.2 Å². The third-order valence-corrected chi connectivity index (χ3v) is 5.65. The molecule has 0 bridgehead atoms. The maximum atomic E-state index is 5.52. The first kappa shape index (κ1) is 16.1. The first-order chi connectivity index (χ1) is 12.2. The SMILES string of the molecule is CC(NC(C)c1csc2ccccc12)c1cccc(-c2ccco2)c1. The van der Waals surface area contributed by atoms with E-state index in [0.717, 1.165) is 11.3 Å². The molecule has 0 saturated carbocycles. The zero-order valence-corrected chi connectivity index (χ0v) is 15.2. The van der Waals surface area contributed by atoms with Crippen LogP contribution in [0.4, 0.5) is 0 Å². The minimum Gasteiger partial charge on any atom is -0.464 e. The van der Waals surface area contributed by atoms with E-state index in [4.69, 9.17) is 4.42 Å². The van der Waals surface area contributed by atoms with E-state index in [-0.39, 0.29) is 6.04 Å². The normalized spacial score (nSPS) is 13.8. The Hall–Kier alpha value is -2.36. The summed E-state index contributed by atoms with van der Waals surface area (Å²) in [5.74, 6) is 0.908. The van der Waals surface area contributed by atoms with Crippen molar-refractivity contribution in [3.05, 3.63) is 83.4 Å². The van der Waals surface area contributed by atoms with E-state index in [9.17, 15) is 0 Å². The molecule has 0 spiro atoms. The molecular weight excluding hydrogens is 326 g/mol. The standard InChI is InChI=1S/C22H21NOS/c1-15(17-7-5-8-18(13-17)21-10-6-12-24-21)23-16(2)20-14-25-22-11-4-3-9-19(20)22/h3-16,23H,1-2H3. The van der Waals surface area contributed by atoms with Gasteiger partial charge in [-0.05, 0) is 60.0 Å².